The maximum atomic E-state index is 13.4. The molecule has 0 aliphatic rings. The molecule has 4 nitrogen and oxygen atoms in total. The smallest absolute Gasteiger partial charge is 0.311 e. The number of carbonyl (C=O) groups is 2. The molecule has 0 heterocycles. The van der Waals surface area contributed by atoms with Crippen molar-refractivity contribution in [3.63, 3.8) is 0 Å². The summed E-state index contributed by atoms with van der Waals surface area (Å²) in [6.07, 6.45) is -1.00. The molecule has 0 spiro atoms. The molecule has 0 amide bonds. The van der Waals surface area contributed by atoms with Crippen molar-refractivity contribution in [2.75, 3.05) is 0 Å². The Morgan fingerprint density at radius 3 is 1.93 bits per heavy atom. The van der Waals surface area contributed by atoms with Gasteiger partial charge in [-0.25, -0.2) is 22.0 Å². The Bertz CT molecular complexity index is 859. The number of rotatable bonds is 6. The number of halogens is 6. The topological polar surface area (TPSA) is 52.6 Å². The van der Waals surface area contributed by atoms with Crippen molar-refractivity contribution in [2.45, 2.75) is 19.4 Å². The van der Waals surface area contributed by atoms with Gasteiger partial charge in [0.15, 0.2) is 23.3 Å². The zero-order valence-electron chi connectivity index (χ0n) is 13.3. The van der Waals surface area contributed by atoms with Crippen LogP contribution in [0, 0.1) is 29.1 Å². The molecule has 10 heteroatoms. The number of carbonyl (C=O) groups excluding carboxylic acids is 2. The molecular weight excluding hydrogens is 399 g/mol. The van der Waals surface area contributed by atoms with Crippen molar-refractivity contribution >= 4 is 23.5 Å². The molecule has 0 aliphatic carbocycles. The number of esters is 2. The molecular formula is C17H10ClF5O4. The van der Waals surface area contributed by atoms with Crippen LogP contribution in [0.5, 0.6) is 5.75 Å². The Morgan fingerprint density at radius 1 is 0.815 bits per heavy atom. The Hall–Kier alpha value is -2.68. The van der Waals surface area contributed by atoms with E-state index in [2.05, 4.69) is 4.74 Å². The summed E-state index contributed by atoms with van der Waals surface area (Å²) in [7, 11) is 0. The predicted octanol–water partition coefficient (Wildman–Crippen LogP) is 4.46. The van der Waals surface area contributed by atoms with Crippen molar-refractivity contribution in [3.05, 3.63) is 63.9 Å². The van der Waals surface area contributed by atoms with Gasteiger partial charge < -0.3 is 9.47 Å². The number of benzene rings is 2. The third kappa shape index (κ3) is 4.94. The van der Waals surface area contributed by atoms with E-state index in [-0.39, 0.29) is 10.8 Å². The molecule has 0 bridgehead atoms. The van der Waals surface area contributed by atoms with Gasteiger partial charge in [-0.05, 0) is 12.1 Å². The molecule has 144 valence electrons. The summed E-state index contributed by atoms with van der Waals surface area (Å²) in [6, 6.07) is 6.06. The largest absolute Gasteiger partial charge is 0.461 e. The van der Waals surface area contributed by atoms with E-state index < -0.39 is 66.0 Å². The summed E-state index contributed by atoms with van der Waals surface area (Å²) in [5, 5.41) is 0.166. The molecule has 0 aromatic heterocycles. The van der Waals surface area contributed by atoms with Crippen LogP contribution in [0.25, 0.3) is 0 Å². The monoisotopic (exact) mass is 408 g/mol. The summed E-state index contributed by atoms with van der Waals surface area (Å²) in [5.74, 6) is -12.7. The Morgan fingerprint density at radius 2 is 1.33 bits per heavy atom. The Labute approximate surface area is 154 Å². The molecule has 0 aliphatic heterocycles. The second kappa shape index (κ2) is 8.81. The minimum absolute atomic E-state index is 0.0685. The minimum atomic E-state index is -2.32. The minimum Gasteiger partial charge on any atom is -0.461 e. The molecule has 2 rings (SSSR count). The molecule has 0 N–H and O–H groups in total. The first-order chi connectivity index (χ1) is 12.7. The van der Waals surface area contributed by atoms with E-state index >= 15 is 0 Å². The van der Waals surface area contributed by atoms with Gasteiger partial charge in [-0.3, -0.25) is 9.59 Å². The fraction of sp³-hybridized carbons (Fsp3) is 0.176. The van der Waals surface area contributed by atoms with Gasteiger partial charge in [-0.15, -0.1) is 0 Å². The maximum absolute atomic E-state index is 13.4. The Kier molecular flexibility index (Phi) is 6.73. The normalized spacial score (nSPS) is 10.6. The van der Waals surface area contributed by atoms with Gasteiger partial charge in [-0.2, -0.15) is 0 Å². The van der Waals surface area contributed by atoms with Crippen molar-refractivity contribution in [3.8, 4) is 5.75 Å². The average Bonchev–Trinajstić information content (AvgIpc) is 2.65. The number of hydrogen-bond donors (Lipinski definition) is 0. The van der Waals surface area contributed by atoms with Crippen LogP contribution in [0.2, 0.25) is 5.02 Å². The van der Waals surface area contributed by atoms with Gasteiger partial charge >= 0.3 is 11.9 Å². The van der Waals surface area contributed by atoms with E-state index in [4.69, 9.17) is 16.3 Å². The summed E-state index contributed by atoms with van der Waals surface area (Å²) in [6.45, 7) is -1.19. The lowest BCUT2D eigenvalue weighted by Gasteiger charge is -2.09. The first-order valence-electron chi connectivity index (χ1n) is 7.33. The van der Waals surface area contributed by atoms with Gasteiger partial charge in [0.2, 0.25) is 5.82 Å². The second-order valence-electron chi connectivity index (χ2n) is 5.11. The molecule has 27 heavy (non-hydrogen) atoms. The number of ether oxygens (including phenoxy) is 2. The average molecular weight is 409 g/mol. The third-order valence-electron chi connectivity index (χ3n) is 3.27. The van der Waals surface area contributed by atoms with E-state index in [0.717, 1.165) is 0 Å². The molecule has 0 saturated heterocycles. The molecule has 0 unspecified atom stereocenters. The molecule has 0 saturated carbocycles. The van der Waals surface area contributed by atoms with Crippen molar-refractivity contribution in [1.29, 1.82) is 0 Å². The van der Waals surface area contributed by atoms with Crippen LogP contribution in [0.15, 0.2) is 24.3 Å². The fourth-order valence-corrected chi connectivity index (χ4v) is 2.08. The van der Waals surface area contributed by atoms with Crippen LogP contribution in [-0.2, 0) is 20.9 Å². The summed E-state index contributed by atoms with van der Waals surface area (Å²) in [5.41, 5.74) is -1.29. The van der Waals surface area contributed by atoms with Crippen LogP contribution < -0.4 is 4.74 Å². The molecule has 0 radical (unpaired) electrons. The van der Waals surface area contributed by atoms with Gasteiger partial charge in [0.1, 0.15) is 12.4 Å². The lowest BCUT2D eigenvalue weighted by atomic mass is 10.2. The zero-order valence-corrected chi connectivity index (χ0v) is 14.1. The first kappa shape index (κ1) is 20.6. The first-order valence-corrected chi connectivity index (χ1v) is 7.71. The SMILES string of the molecule is O=C(CCC(=O)Oc1ccccc1Cl)OCc1c(F)c(F)c(F)c(F)c1F. The molecule has 0 fully saturated rings. The van der Waals surface area contributed by atoms with E-state index in [9.17, 15) is 31.5 Å². The van der Waals surface area contributed by atoms with Gasteiger partial charge in [-0.1, -0.05) is 23.7 Å². The zero-order chi connectivity index (χ0) is 20.1. The standard InChI is InChI=1S/C17H10ClF5O4/c18-9-3-1-2-4-10(9)27-12(25)6-5-11(24)26-7-8-13(19)15(21)17(23)16(22)14(8)20/h1-4H,5-7H2. The molecule has 2 aromatic rings. The maximum Gasteiger partial charge on any atom is 0.311 e. The van der Waals surface area contributed by atoms with Gasteiger partial charge in [0.25, 0.3) is 0 Å². The van der Waals surface area contributed by atoms with E-state index in [1.54, 1.807) is 12.1 Å². The van der Waals surface area contributed by atoms with Gasteiger partial charge in [0, 0.05) is 0 Å². The Balaban J connectivity index is 1.90. The van der Waals surface area contributed by atoms with E-state index in [1.165, 1.54) is 12.1 Å². The highest BCUT2D eigenvalue weighted by Crippen LogP contribution is 2.25. The quantitative estimate of drug-likeness (QED) is 0.233. The molecule has 0 atom stereocenters. The predicted molar refractivity (Wildman–Crippen MR) is 82.3 cm³/mol. The summed E-state index contributed by atoms with van der Waals surface area (Å²) < 4.78 is 75.3. The number of hydrogen-bond acceptors (Lipinski definition) is 4. The number of para-hydroxylation sites is 1. The highest BCUT2D eigenvalue weighted by atomic mass is 35.5. The lowest BCUT2D eigenvalue weighted by Crippen LogP contribution is -2.14. The van der Waals surface area contributed by atoms with Crippen LogP contribution in [0.3, 0.4) is 0 Å². The van der Waals surface area contributed by atoms with Crippen molar-refractivity contribution in [1.82, 2.24) is 0 Å². The fourth-order valence-electron chi connectivity index (χ4n) is 1.91. The second-order valence-corrected chi connectivity index (χ2v) is 5.52. The molecule has 2 aromatic carbocycles. The third-order valence-corrected chi connectivity index (χ3v) is 3.58. The van der Waals surface area contributed by atoms with Crippen LogP contribution in [-0.4, -0.2) is 11.9 Å². The highest BCUT2D eigenvalue weighted by Gasteiger charge is 2.26. The van der Waals surface area contributed by atoms with E-state index in [1.807, 2.05) is 0 Å². The van der Waals surface area contributed by atoms with Crippen molar-refractivity contribution < 1.29 is 41.0 Å². The summed E-state index contributed by atoms with van der Waals surface area (Å²) >= 11 is 5.79. The lowest BCUT2D eigenvalue weighted by molar-refractivity contribution is -0.148. The van der Waals surface area contributed by atoms with Crippen LogP contribution in [0.4, 0.5) is 22.0 Å². The van der Waals surface area contributed by atoms with E-state index in [0.29, 0.717) is 0 Å². The van der Waals surface area contributed by atoms with Crippen molar-refractivity contribution in [2.24, 2.45) is 0 Å². The summed E-state index contributed by atoms with van der Waals surface area (Å²) in [4.78, 5) is 23.2. The van der Waals surface area contributed by atoms with Crippen LogP contribution in [0.1, 0.15) is 18.4 Å². The highest BCUT2D eigenvalue weighted by molar-refractivity contribution is 6.32. The van der Waals surface area contributed by atoms with Crippen LogP contribution >= 0.6 is 11.6 Å². The van der Waals surface area contributed by atoms with Gasteiger partial charge in [0.05, 0.1) is 23.4 Å².